The Bertz CT molecular complexity index is 804. The van der Waals surface area contributed by atoms with Crippen molar-refractivity contribution in [3.8, 4) is 17.2 Å². The zero-order valence-corrected chi connectivity index (χ0v) is 16.8. The highest BCUT2D eigenvalue weighted by Crippen LogP contribution is 2.54. The summed E-state index contributed by atoms with van der Waals surface area (Å²) in [5.41, 5.74) is -1.36. The van der Waals surface area contributed by atoms with E-state index in [1.165, 1.54) is 14.2 Å². The van der Waals surface area contributed by atoms with Gasteiger partial charge in [0.2, 0.25) is 17.2 Å². The first-order valence-electron chi connectivity index (χ1n) is 8.50. The van der Waals surface area contributed by atoms with Crippen molar-refractivity contribution in [1.82, 2.24) is 0 Å². The Morgan fingerprint density at radius 2 is 1.96 bits per heavy atom. The highest BCUT2D eigenvalue weighted by atomic mass is 35.5. The number of carbonyl (C=O) groups is 2. The number of hydrogen-bond acceptors (Lipinski definition) is 6. The lowest BCUT2D eigenvalue weighted by Gasteiger charge is -2.36. The molecular weight excluding hydrogens is 376 g/mol. The second-order valence-electron chi connectivity index (χ2n) is 6.18. The van der Waals surface area contributed by atoms with Gasteiger partial charge in [-0.1, -0.05) is 25.4 Å². The number of ether oxygens (including phenoxy) is 3. The molecule has 0 bridgehead atoms. The van der Waals surface area contributed by atoms with Gasteiger partial charge in [0.15, 0.2) is 5.75 Å². The minimum absolute atomic E-state index is 0.166. The molecule has 140 valence electrons. The lowest BCUT2D eigenvalue weighted by Crippen LogP contribution is -2.55. The van der Waals surface area contributed by atoms with Crippen LogP contribution in [0.4, 0.5) is 0 Å². The van der Waals surface area contributed by atoms with Gasteiger partial charge in [-0.3, -0.25) is 9.59 Å². The van der Waals surface area contributed by atoms with Crippen LogP contribution in [0.25, 0.3) is 0 Å². The van der Waals surface area contributed by atoms with Crippen molar-refractivity contribution in [2.45, 2.75) is 32.3 Å². The van der Waals surface area contributed by atoms with Crippen LogP contribution in [-0.2, 0) is 4.79 Å². The molecule has 0 unspecified atom stereocenters. The number of Topliss-reactive ketones (excluding diaryl/α,β-unsaturated/α-hetero) is 1. The standard InChI is InChI=1S/C19H21ClO5S/c1-5-10-7-11(26-6-2)8-14(21)19(10)18(22)15-12(23-3)9-13(24-4)16(20)17(15)25-19/h8-10H,5-7H2,1-4H3/t10-,19+/m1/s1. The molecule has 1 heterocycles. The van der Waals surface area contributed by atoms with E-state index in [0.717, 1.165) is 10.7 Å². The number of benzene rings is 1. The average molecular weight is 397 g/mol. The molecule has 3 rings (SSSR count). The zero-order valence-electron chi connectivity index (χ0n) is 15.2. The Hall–Kier alpha value is -1.66. The third kappa shape index (κ3) is 2.62. The minimum Gasteiger partial charge on any atom is -0.496 e. The van der Waals surface area contributed by atoms with Crippen LogP contribution in [0.3, 0.4) is 0 Å². The fraction of sp³-hybridized carbons (Fsp3) is 0.474. The third-order valence-corrected chi connectivity index (χ3v) is 6.22. The topological polar surface area (TPSA) is 61.8 Å². The van der Waals surface area contributed by atoms with Crippen molar-refractivity contribution in [3.63, 3.8) is 0 Å². The first-order valence-corrected chi connectivity index (χ1v) is 9.86. The Balaban J connectivity index is 2.17. The maximum absolute atomic E-state index is 13.4. The number of rotatable bonds is 5. The van der Waals surface area contributed by atoms with E-state index in [-0.39, 0.29) is 33.8 Å². The number of methoxy groups -OCH3 is 2. The summed E-state index contributed by atoms with van der Waals surface area (Å²) in [6, 6.07) is 1.55. The van der Waals surface area contributed by atoms with Crippen LogP contribution in [0.5, 0.6) is 17.2 Å². The van der Waals surface area contributed by atoms with Crippen molar-refractivity contribution < 1.29 is 23.8 Å². The molecule has 2 atom stereocenters. The Morgan fingerprint density at radius 1 is 1.27 bits per heavy atom. The number of fused-ring (bicyclic) bond motifs is 1. The fourth-order valence-corrected chi connectivity index (χ4v) is 4.80. The molecule has 1 aliphatic carbocycles. The summed E-state index contributed by atoms with van der Waals surface area (Å²) in [5.74, 6) is 0.687. The Kier molecular flexibility index (Phi) is 5.26. The molecule has 5 nitrogen and oxygen atoms in total. The monoisotopic (exact) mass is 396 g/mol. The van der Waals surface area contributed by atoms with E-state index < -0.39 is 5.60 Å². The van der Waals surface area contributed by atoms with Crippen LogP contribution in [-0.4, -0.2) is 37.1 Å². The second kappa shape index (κ2) is 7.16. The average Bonchev–Trinajstić information content (AvgIpc) is 2.94. The van der Waals surface area contributed by atoms with Crippen molar-refractivity contribution in [3.05, 3.63) is 27.6 Å². The Morgan fingerprint density at radius 3 is 2.54 bits per heavy atom. The van der Waals surface area contributed by atoms with Gasteiger partial charge in [0, 0.05) is 12.0 Å². The van der Waals surface area contributed by atoms with E-state index in [1.54, 1.807) is 23.9 Å². The highest BCUT2D eigenvalue weighted by Gasteiger charge is 2.60. The van der Waals surface area contributed by atoms with Crippen molar-refractivity contribution in [2.24, 2.45) is 5.92 Å². The molecule has 1 aliphatic heterocycles. The quantitative estimate of drug-likeness (QED) is 0.691. The molecule has 0 saturated heterocycles. The molecule has 0 N–H and O–H groups in total. The maximum Gasteiger partial charge on any atom is 0.236 e. The smallest absolute Gasteiger partial charge is 0.236 e. The van der Waals surface area contributed by atoms with Crippen molar-refractivity contribution >= 4 is 34.9 Å². The van der Waals surface area contributed by atoms with E-state index >= 15 is 0 Å². The van der Waals surface area contributed by atoms with E-state index in [4.69, 9.17) is 25.8 Å². The summed E-state index contributed by atoms with van der Waals surface area (Å²) in [7, 11) is 2.92. The normalized spacial score (nSPS) is 24.3. The molecule has 1 spiro atoms. The summed E-state index contributed by atoms with van der Waals surface area (Å²) >= 11 is 8.00. The molecule has 0 fully saturated rings. The summed E-state index contributed by atoms with van der Waals surface area (Å²) in [5, 5.41) is 0.175. The summed E-state index contributed by atoms with van der Waals surface area (Å²) in [4.78, 5) is 27.4. The molecule has 0 amide bonds. The molecule has 0 saturated carbocycles. The van der Waals surface area contributed by atoms with Crippen LogP contribution < -0.4 is 14.2 Å². The minimum atomic E-state index is -1.57. The van der Waals surface area contributed by atoms with Crippen LogP contribution in [0, 0.1) is 5.92 Å². The number of hydrogen-bond donors (Lipinski definition) is 0. The number of allylic oxidation sites excluding steroid dienone is 1. The van der Waals surface area contributed by atoms with E-state index in [1.807, 2.05) is 13.8 Å². The first-order chi connectivity index (χ1) is 12.4. The van der Waals surface area contributed by atoms with Gasteiger partial charge in [0.25, 0.3) is 0 Å². The number of ketones is 2. The molecule has 1 aromatic rings. The van der Waals surface area contributed by atoms with Crippen molar-refractivity contribution in [2.75, 3.05) is 20.0 Å². The van der Waals surface area contributed by atoms with Gasteiger partial charge in [-0.25, -0.2) is 0 Å². The SMILES string of the molecule is CCSC1=CC(=O)[C@@]2(Oc3c(Cl)c(OC)cc(OC)c3C2=O)[C@H](CC)C1. The van der Waals surface area contributed by atoms with Crippen molar-refractivity contribution in [1.29, 1.82) is 0 Å². The van der Waals surface area contributed by atoms with Gasteiger partial charge < -0.3 is 14.2 Å². The lowest BCUT2D eigenvalue weighted by atomic mass is 9.73. The number of halogens is 1. The molecule has 0 aromatic heterocycles. The fourth-order valence-electron chi connectivity index (χ4n) is 3.65. The number of thioether (sulfide) groups is 1. The van der Waals surface area contributed by atoms with Gasteiger partial charge in [0.05, 0.1) is 14.2 Å². The molecule has 0 radical (unpaired) electrons. The molecule has 7 heteroatoms. The second-order valence-corrected chi connectivity index (χ2v) is 7.95. The van der Waals surface area contributed by atoms with Gasteiger partial charge in [-0.05, 0) is 29.6 Å². The van der Waals surface area contributed by atoms with E-state index in [9.17, 15) is 9.59 Å². The lowest BCUT2D eigenvalue weighted by molar-refractivity contribution is -0.129. The van der Waals surface area contributed by atoms with Gasteiger partial charge in [0.1, 0.15) is 22.1 Å². The molecular formula is C19H21ClO5S. The summed E-state index contributed by atoms with van der Waals surface area (Å²) in [6.07, 6.45) is 2.80. The largest absolute Gasteiger partial charge is 0.496 e. The van der Waals surface area contributed by atoms with Gasteiger partial charge >= 0.3 is 0 Å². The van der Waals surface area contributed by atoms with Gasteiger partial charge in [-0.2, -0.15) is 0 Å². The van der Waals surface area contributed by atoms with Crippen LogP contribution >= 0.6 is 23.4 Å². The zero-order chi connectivity index (χ0) is 19.1. The number of carbonyl (C=O) groups excluding carboxylic acids is 2. The predicted molar refractivity (Wildman–Crippen MR) is 102 cm³/mol. The first kappa shape index (κ1) is 19.1. The van der Waals surface area contributed by atoms with Crippen LogP contribution in [0.15, 0.2) is 17.0 Å². The highest BCUT2D eigenvalue weighted by molar-refractivity contribution is 8.03. The van der Waals surface area contributed by atoms with E-state index in [2.05, 4.69) is 0 Å². The maximum atomic E-state index is 13.4. The van der Waals surface area contributed by atoms with E-state index in [0.29, 0.717) is 24.3 Å². The predicted octanol–water partition coefficient (Wildman–Crippen LogP) is 4.31. The van der Waals surface area contributed by atoms with Gasteiger partial charge in [-0.15, -0.1) is 11.8 Å². The molecule has 1 aromatic carbocycles. The molecule has 26 heavy (non-hydrogen) atoms. The summed E-state index contributed by atoms with van der Waals surface area (Å²) < 4.78 is 16.7. The van der Waals surface area contributed by atoms with Crippen LogP contribution in [0.1, 0.15) is 37.0 Å². The Labute approximate surface area is 162 Å². The summed E-state index contributed by atoms with van der Waals surface area (Å²) in [6.45, 7) is 3.99. The third-order valence-electron chi connectivity index (χ3n) is 4.92. The van der Waals surface area contributed by atoms with Crippen LogP contribution in [0.2, 0.25) is 5.02 Å². The molecule has 2 aliphatic rings.